The number of hydrogen-bond donors (Lipinski definition) is 1. The molecule has 0 saturated carbocycles. The molecular weight excluding hydrogens is 263 g/mol. The molecule has 0 saturated heterocycles. The number of aldehydes is 1. The van der Waals surface area contributed by atoms with Crippen LogP contribution in [0.3, 0.4) is 0 Å². The molecular formula is C14H16BF2NO2. The lowest BCUT2D eigenvalue weighted by Gasteiger charge is -2.17. The second-order valence-electron chi connectivity index (χ2n) is 4.77. The molecule has 1 aromatic carbocycles. The van der Waals surface area contributed by atoms with Crippen LogP contribution in [0.2, 0.25) is 0 Å². The third kappa shape index (κ3) is 5.12. The lowest BCUT2D eigenvalue weighted by atomic mass is 9.85. The molecule has 1 atom stereocenters. The van der Waals surface area contributed by atoms with Gasteiger partial charge in [0.2, 0.25) is 0 Å². The van der Waals surface area contributed by atoms with Crippen LogP contribution < -0.4 is 5.46 Å². The van der Waals surface area contributed by atoms with E-state index >= 15 is 0 Å². The Hall–Kier alpha value is -1.71. The maximum absolute atomic E-state index is 12.5. The quantitative estimate of drug-likeness (QED) is 0.486. The van der Waals surface area contributed by atoms with E-state index in [1.54, 1.807) is 6.07 Å². The fourth-order valence-corrected chi connectivity index (χ4v) is 1.48. The Labute approximate surface area is 117 Å². The highest BCUT2D eigenvalue weighted by molar-refractivity contribution is 6.59. The monoisotopic (exact) mass is 279 g/mol. The highest BCUT2D eigenvalue weighted by Crippen LogP contribution is 2.07. The first-order valence-electron chi connectivity index (χ1n) is 6.11. The lowest BCUT2D eigenvalue weighted by Crippen LogP contribution is -2.33. The molecule has 106 valence electrons. The molecule has 0 aliphatic rings. The molecule has 0 fully saturated rings. The van der Waals surface area contributed by atoms with Crippen LogP contribution in [0.4, 0.5) is 8.63 Å². The number of carbonyl (C=O) groups is 1. The van der Waals surface area contributed by atoms with Gasteiger partial charge in [0.05, 0.1) is 0 Å². The van der Waals surface area contributed by atoms with Gasteiger partial charge in [-0.2, -0.15) is 0 Å². The van der Waals surface area contributed by atoms with Crippen LogP contribution in [-0.4, -0.2) is 49.8 Å². The summed E-state index contributed by atoms with van der Waals surface area (Å²) in [5, 5.41) is 9.99. The van der Waals surface area contributed by atoms with E-state index in [0.717, 1.165) is 0 Å². The van der Waals surface area contributed by atoms with Gasteiger partial charge in [-0.1, -0.05) is 24.0 Å². The second-order valence-corrected chi connectivity index (χ2v) is 4.77. The first-order valence-corrected chi connectivity index (χ1v) is 6.11. The Morgan fingerprint density at radius 3 is 2.70 bits per heavy atom. The maximum Gasteiger partial charge on any atom is 0.572 e. The molecule has 1 rings (SSSR count). The first kappa shape index (κ1) is 16.3. The van der Waals surface area contributed by atoms with E-state index in [0.29, 0.717) is 18.4 Å². The molecule has 1 N–H and O–H groups in total. The van der Waals surface area contributed by atoms with E-state index in [1.807, 2.05) is 19.0 Å². The zero-order valence-corrected chi connectivity index (χ0v) is 11.4. The van der Waals surface area contributed by atoms with Gasteiger partial charge in [-0.15, -0.1) is 0 Å². The molecule has 0 amide bonds. The molecule has 1 unspecified atom stereocenters. The van der Waals surface area contributed by atoms with Gasteiger partial charge in [0.15, 0.2) is 11.9 Å². The summed E-state index contributed by atoms with van der Waals surface area (Å²) in [5.74, 6) is 5.02. The van der Waals surface area contributed by atoms with Crippen LogP contribution in [0.1, 0.15) is 12.0 Å². The smallest absolute Gasteiger partial charge is 0.371 e. The number of nitrogens with zero attached hydrogens (tertiary/aromatic N) is 1. The number of halogens is 2. The van der Waals surface area contributed by atoms with E-state index in [4.69, 9.17) is 0 Å². The van der Waals surface area contributed by atoms with Crippen molar-refractivity contribution in [2.75, 3.05) is 20.6 Å². The van der Waals surface area contributed by atoms with Crippen LogP contribution >= 0.6 is 0 Å². The standard InChI is InChI=1S/C14H16BF2NO2/c1-18(2)9-8-14(20,11-19)7-6-12-4-3-5-13(10-12)15(16)17/h3-5,10-11,20H,8-9H2,1-2H3. The Morgan fingerprint density at radius 1 is 1.45 bits per heavy atom. The SMILES string of the molecule is CN(C)CCC(O)(C#Cc1cccc(B(F)F)c1)C=O. The third-order valence-electron chi connectivity index (χ3n) is 2.70. The molecule has 0 radical (unpaired) electrons. The number of benzene rings is 1. The molecule has 0 aliphatic carbocycles. The Balaban J connectivity index is 2.90. The summed E-state index contributed by atoms with van der Waals surface area (Å²) in [6.45, 7) is 0.487. The van der Waals surface area contributed by atoms with Gasteiger partial charge in [-0.3, -0.25) is 13.4 Å². The third-order valence-corrected chi connectivity index (χ3v) is 2.70. The predicted molar refractivity (Wildman–Crippen MR) is 75.1 cm³/mol. The van der Waals surface area contributed by atoms with Crippen molar-refractivity contribution in [1.82, 2.24) is 4.90 Å². The fourth-order valence-electron chi connectivity index (χ4n) is 1.48. The molecule has 0 aromatic heterocycles. The van der Waals surface area contributed by atoms with E-state index in [9.17, 15) is 18.5 Å². The van der Waals surface area contributed by atoms with Gasteiger partial charge in [0, 0.05) is 18.5 Å². The van der Waals surface area contributed by atoms with E-state index in [2.05, 4.69) is 11.8 Å². The maximum atomic E-state index is 12.5. The van der Waals surface area contributed by atoms with E-state index in [-0.39, 0.29) is 11.9 Å². The van der Waals surface area contributed by atoms with E-state index in [1.165, 1.54) is 18.2 Å². The Kier molecular flexibility index (Phi) is 5.87. The summed E-state index contributed by atoms with van der Waals surface area (Å²) >= 11 is 0. The van der Waals surface area contributed by atoms with Crippen molar-refractivity contribution in [3.05, 3.63) is 29.8 Å². The van der Waals surface area contributed by atoms with Crippen molar-refractivity contribution >= 4 is 19.0 Å². The van der Waals surface area contributed by atoms with Gasteiger partial charge in [-0.05, 0) is 31.7 Å². The predicted octanol–water partition coefficient (Wildman–Crippen LogP) is 0.554. The number of rotatable bonds is 5. The van der Waals surface area contributed by atoms with Crippen LogP contribution in [0, 0.1) is 11.8 Å². The Bertz CT molecular complexity index is 525. The average molecular weight is 279 g/mol. The summed E-state index contributed by atoms with van der Waals surface area (Å²) in [5.41, 5.74) is -1.56. The van der Waals surface area contributed by atoms with Crippen molar-refractivity contribution in [3.8, 4) is 11.8 Å². The second kappa shape index (κ2) is 7.18. The van der Waals surface area contributed by atoms with Crippen LogP contribution in [-0.2, 0) is 4.79 Å². The van der Waals surface area contributed by atoms with Gasteiger partial charge in [-0.25, -0.2) is 0 Å². The number of carbonyl (C=O) groups excluding carboxylic acids is 1. The van der Waals surface area contributed by atoms with Crippen LogP contribution in [0.25, 0.3) is 0 Å². The van der Waals surface area contributed by atoms with Gasteiger partial charge >= 0.3 is 7.27 Å². The lowest BCUT2D eigenvalue weighted by molar-refractivity contribution is -0.119. The van der Waals surface area contributed by atoms with Crippen molar-refractivity contribution < 1.29 is 18.5 Å². The van der Waals surface area contributed by atoms with Gasteiger partial charge in [0.25, 0.3) is 0 Å². The zero-order valence-electron chi connectivity index (χ0n) is 11.4. The fraction of sp³-hybridized carbons (Fsp3) is 0.357. The number of hydrogen-bond acceptors (Lipinski definition) is 3. The van der Waals surface area contributed by atoms with Gasteiger partial charge in [0.1, 0.15) is 0 Å². The van der Waals surface area contributed by atoms with Crippen molar-refractivity contribution in [1.29, 1.82) is 0 Å². The Morgan fingerprint density at radius 2 is 2.15 bits per heavy atom. The van der Waals surface area contributed by atoms with E-state index < -0.39 is 12.9 Å². The van der Waals surface area contributed by atoms with Crippen molar-refractivity contribution in [2.24, 2.45) is 0 Å². The van der Waals surface area contributed by atoms with Crippen LogP contribution in [0.15, 0.2) is 24.3 Å². The minimum atomic E-state index is -2.57. The molecule has 20 heavy (non-hydrogen) atoms. The van der Waals surface area contributed by atoms with Crippen molar-refractivity contribution in [2.45, 2.75) is 12.0 Å². The highest BCUT2D eigenvalue weighted by Gasteiger charge is 2.23. The van der Waals surface area contributed by atoms with Gasteiger partial charge < -0.3 is 10.0 Å². The largest absolute Gasteiger partial charge is 0.572 e. The molecule has 0 aliphatic heterocycles. The van der Waals surface area contributed by atoms with Crippen LogP contribution in [0.5, 0.6) is 0 Å². The molecule has 0 heterocycles. The summed E-state index contributed by atoms with van der Waals surface area (Å²) in [6.07, 6.45) is 0.533. The topological polar surface area (TPSA) is 40.5 Å². The molecule has 0 spiro atoms. The molecule has 1 aromatic rings. The average Bonchev–Trinajstić information content (AvgIpc) is 2.43. The normalized spacial score (nSPS) is 13.3. The minimum absolute atomic E-state index is 0.139. The summed E-state index contributed by atoms with van der Waals surface area (Å²) in [4.78, 5) is 12.8. The summed E-state index contributed by atoms with van der Waals surface area (Å²) in [6, 6.07) is 5.56. The zero-order chi connectivity index (χ0) is 15.2. The highest BCUT2D eigenvalue weighted by atomic mass is 19.2. The molecule has 6 heteroatoms. The number of aliphatic hydroxyl groups is 1. The first-order chi connectivity index (χ1) is 9.36. The van der Waals surface area contributed by atoms with Crippen molar-refractivity contribution in [3.63, 3.8) is 0 Å². The summed E-state index contributed by atoms with van der Waals surface area (Å²) < 4.78 is 25.1. The molecule has 0 bridgehead atoms. The minimum Gasteiger partial charge on any atom is -0.371 e. The molecule has 3 nitrogen and oxygen atoms in total. The summed E-state index contributed by atoms with van der Waals surface area (Å²) in [7, 11) is 1.05.